The van der Waals surface area contributed by atoms with Crippen LogP contribution < -0.4 is 37.2 Å². The largest absolute Gasteiger partial charge is 0.463 e. The van der Waals surface area contributed by atoms with Gasteiger partial charge < -0.3 is 156 Å². The molecular formula is C85H139N10O40P. The summed E-state index contributed by atoms with van der Waals surface area (Å²) in [5.74, 6) is -12.1. The molecule has 0 bridgehead atoms. The lowest BCUT2D eigenvalue weighted by atomic mass is 9.86. The summed E-state index contributed by atoms with van der Waals surface area (Å²) in [5.41, 5.74) is 0. The van der Waals surface area contributed by atoms with E-state index in [2.05, 4.69) is 48.0 Å². The standard InChI is InChI=1S/C85H139N10O40P/c1-49(2)95(50(3)4)136(125-28-17-24-86)135-64-20-18-63(19-21-64)81(111)93-65(22-23-69(108)87-25-29-113-32-35-116-38-41-119-83-72(90-51(5)96)78(129-60(14)105)75(126-57(11)102)66(132-83)46-122-54(8)99)82(112)94(44-70(109)88-26-30-114-33-36-117-39-42-120-84-73(91-52(6)97)79(130-61(15)106)76(127-58(12)103)67(133-84)47-123-55(9)100)45-71(110)89-27-31-115-34-37-118-40-43-121-85-74(92-53(7)98)80(131-62(16)107)77(128-59(13)104)68(134-85)48-124-56(10)101/h49-50,55,63-68,72-80,83-85,100H,17-23,25-48H2,1-16H3,(H,87,108)(H,88,109)(H,89,110)(H,90,96)(H,91,97)(H,92,98)(H,93,111). The van der Waals surface area contributed by atoms with Crippen LogP contribution in [-0.4, -0.2) is 390 Å². The van der Waals surface area contributed by atoms with Crippen molar-refractivity contribution in [1.29, 1.82) is 5.26 Å². The van der Waals surface area contributed by atoms with E-state index in [0.29, 0.717) is 25.7 Å². The molecule has 0 spiro atoms. The summed E-state index contributed by atoms with van der Waals surface area (Å²) in [7, 11) is -1.63. The first-order valence-corrected chi connectivity index (χ1v) is 46.1. The molecule has 8 N–H and O–H groups in total. The average molecular weight is 1970 g/mol. The van der Waals surface area contributed by atoms with Crippen molar-refractivity contribution < 1.29 is 190 Å². The quantitative estimate of drug-likeness (QED) is 0.0109. The summed E-state index contributed by atoms with van der Waals surface area (Å²) < 4.78 is 133. The van der Waals surface area contributed by atoms with Crippen LogP contribution >= 0.6 is 8.53 Å². The number of amides is 8. The van der Waals surface area contributed by atoms with Crippen LogP contribution in [0.4, 0.5) is 0 Å². The van der Waals surface area contributed by atoms with Crippen molar-refractivity contribution in [2.75, 3.05) is 158 Å². The van der Waals surface area contributed by atoms with E-state index in [1.165, 1.54) is 27.7 Å². The van der Waals surface area contributed by atoms with Gasteiger partial charge in [-0.15, -0.1) is 0 Å². The second-order valence-electron chi connectivity index (χ2n) is 32.0. The van der Waals surface area contributed by atoms with Crippen molar-refractivity contribution in [3.05, 3.63) is 0 Å². The van der Waals surface area contributed by atoms with Crippen LogP contribution in [0.15, 0.2) is 0 Å². The van der Waals surface area contributed by atoms with Gasteiger partial charge >= 0.3 is 47.8 Å². The molecule has 1 aliphatic carbocycles. The van der Waals surface area contributed by atoms with Gasteiger partial charge in [0.1, 0.15) is 68.8 Å². The molecule has 3 heterocycles. The Hall–Kier alpha value is -9.24. The molecular weight excluding hydrogens is 1830 g/mol. The van der Waals surface area contributed by atoms with Crippen LogP contribution in [0, 0.1) is 17.2 Å². The monoisotopic (exact) mass is 1970 g/mol. The SMILES string of the molecule is CC(=O)NC1C(OCCOCCOCCNC(=O)CCC(NC(=O)C2CCC(OP(OCCC#N)N(C(C)C)C(C)C)CC2)C(=O)N(CC(=O)NCCOCCOCCOC2OC(COC(C)=O)C(OC(C)=O)C(OC(C)=O)C2NC(C)=O)CC(=O)NCCOCCOCCOC2OC(COC(C)O)C(OC(C)=O)C(OC(C)=O)C2NC(C)=O)OC(COC(C)=O)C(OC(C)=O)C1OC(C)=O. The summed E-state index contributed by atoms with van der Waals surface area (Å²) in [6.07, 6.45) is -16.5. The van der Waals surface area contributed by atoms with Crippen LogP contribution in [0.1, 0.15) is 156 Å². The molecule has 3 saturated heterocycles. The highest BCUT2D eigenvalue weighted by atomic mass is 31.2. The molecule has 18 atom stereocenters. The first kappa shape index (κ1) is 119. The second kappa shape index (κ2) is 65.6. The molecule has 50 nitrogen and oxygen atoms in total. The van der Waals surface area contributed by atoms with Crippen LogP contribution in [0.2, 0.25) is 0 Å². The number of nitriles is 1. The van der Waals surface area contributed by atoms with Gasteiger partial charge in [-0.25, -0.2) is 4.67 Å². The van der Waals surface area contributed by atoms with Gasteiger partial charge in [0.15, 0.2) is 61.8 Å². The van der Waals surface area contributed by atoms with Crippen molar-refractivity contribution in [3.63, 3.8) is 0 Å². The Morgan fingerprint density at radius 1 is 0.419 bits per heavy atom. The molecule has 0 aromatic carbocycles. The zero-order valence-electron chi connectivity index (χ0n) is 80.2. The predicted octanol–water partition coefficient (Wildman–Crippen LogP) is -1.81. The van der Waals surface area contributed by atoms with Crippen molar-refractivity contribution >= 4 is 104 Å². The van der Waals surface area contributed by atoms with Crippen molar-refractivity contribution in [2.24, 2.45) is 5.92 Å². The first-order valence-electron chi connectivity index (χ1n) is 44.9. The highest BCUT2D eigenvalue weighted by Crippen LogP contribution is 2.49. The first-order chi connectivity index (χ1) is 64.6. The van der Waals surface area contributed by atoms with Gasteiger partial charge in [0, 0.05) is 120 Å². The minimum Gasteiger partial charge on any atom is -0.463 e. The van der Waals surface area contributed by atoms with Gasteiger partial charge in [0.05, 0.1) is 131 Å². The minimum atomic E-state index is -1.63. The molecule has 0 aromatic rings. The Labute approximate surface area is 791 Å². The van der Waals surface area contributed by atoms with Gasteiger partial charge in [0.25, 0.3) is 8.53 Å². The fraction of sp³-hybridized carbons (Fsp3) is 0.800. The van der Waals surface area contributed by atoms with Crippen molar-refractivity contribution in [3.8, 4) is 6.07 Å². The molecule has 0 radical (unpaired) electrons. The number of aliphatic hydroxyl groups is 1. The molecule has 4 aliphatic rings. The number of ether oxygens (including phenoxy) is 21. The Balaban J connectivity index is 1.49. The van der Waals surface area contributed by atoms with Crippen LogP contribution in [0.3, 0.4) is 0 Å². The third-order valence-electron chi connectivity index (χ3n) is 19.8. The van der Waals surface area contributed by atoms with E-state index >= 15 is 4.79 Å². The lowest BCUT2D eigenvalue weighted by Crippen LogP contribution is -2.66. The molecule has 8 amide bonds. The average Bonchev–Trinajstić information content (AvgIpc) is 0.792. The molecule has 0 aromatic heterocycles. The van der Waals surface area contributed by atoms with E-state index in [9.17, 15) is 82.3 Å². The molecule has 774 valence electrons. The fourth-order valence-electron chi connectivity index (χ4n) is 14.4. The van der Waals surface area contributed by atoms with E-state index in [1.54, 1.807) is 0 Å². The maximum Gasteiger partial charge on any atom is 0.303 e. The Bertz CT molecular complexity index is 3780. The summed E-state index contributed by atoms with van der Waals surface area (Å²) in [6, 6.07) is -3.06. The van der Waals surface area contributed by atoms with E-state index < -0.39 is 240 Å². The zero-order chi connectivity index (χ0) is 101. The van der Waals surface area contributed by atoms with E-state index in [0.717, 1.165) is 60.3 Å². The maximum atomic E-state index is 15.2. The second-order valence-corrected chi connectivity index (χ2v) is 33.5. The molecule has 1 saturated carbocycles. The lowest BCUT2D eigenvalue weighted by molar-refractivity contribution is -0.285. The minimum absolute atomic E-state index is 0.00544. The number of rotatable bonds is 64. The molecule has 4 fully saturated rings. The lowest BCUT2D eigenvalue weighted by Gasteiger charge is -2.45. The summed E-state index contributed by atoms with van der Waals surface area (Å²) >= 11 is 0. The van der Waals surface area contributed by atoms with Gasteiger partial charge in [-0.05, 0) is 66.7 Å². The van der Waals surface area contributed by atoms with Gasteiger partial charge in [-0.2, -0.15) is 5.26 Å². The van der Waals surface area contributed by atoms with Crippen LogP contribution in [0.5, 0.6) is 0 Å². The highest BCUT2D eigenvalue weighted by molar-refractivity contribution is 7.44. The fourth-order valence-corrected chi connectivity index (χ4v) is 16.2. The van der Waals surface area contributed by atoms with Crippen molar-refractivity contribution in [2.45, 2.75) is 278 Å². The molecule has 4 rings (SSSR count). The third kappa shape index (κ3) is 47.4. The Morgan fingerprint density at radius 3 is 1.07 bits per heavy atom. The molecule has 3 aliphatic heterocycles. The molecule has 18 unspecified atom stereocenters. The van der Waals surface area contributed by atoms with Crippen LogP contribution in [-0.2, 0) is 185 Å². The number of nitrogens with one attached hydrogen (secondary N) is 7. The predicted molar refractivity (Wildman–Crippen MR) is 465 cm³/mol. The van der Waals surface area contributed by atoms with Gasteiger partial charge in [-0.3, -0.25) is 76.7 Å². The summed E-state index contributed by atoms with van der Waals surface area (Å²) in [5, 5.41) is 37.9. The molecule has 51 heteroatoms. The smallest absolute Gasteiger partial charge is 0.303 e. The maximum absolute atomic E-state index is 15.2. The number of aliphatic hydroxyl groups excluding tert-OH is 1. The molecule has 136 heavy (non-hydrogen) atoms. The van der Waals surface area contributed by atoms with E-state index in [4.69, 9.17) is 109 Å². The topological polar surface area (TPSA) is 620 Å². The summed E-state index contributed by atoms with van der Waals surface area (Å²) in [4.78, 5) is 207. The van der Waals surface area contributed by atoms with Gasteiger partial charge in [-0.1, -0.05) is 0 Å². The Kier molecular flexibility index (Phi) is 57.4. The number of esters is 8. The summed E-state index contributed by atoms with van der Waals surface area (Å²) in [6.45, 7) is 17.8. The number of nitrogens with zero attached hydrogens (tertiary/aromatic N) is 3. The normalized spacial score (nSPS) is 23.7. The highest BCUT2D eigenvalue weighted by Gasteiger charge is 2.55. The third-order valence-corrected chi connectivity index (χ3v) is 22.0. The van der Waals surface area contributed by atoms with Crippen LogP contribution in [0.25, 0.3) is 0 Å². The Morgan fingerprint density at radius 2 is 0.750 bits per heavy atom. The van der Waals surface area contributed by atoms with E-state index in [-0.39, 0.29) is 169 Å². The number of carbonyl (C=O) groups excluding carboxylic acids is 16. The zero-order valence-corrected chi connectivity index (χ0v) is 81.1. The van der Waals surface area contributed by atoms with E-state index in [1.807, 2.05) is 27.7 Å². The van der Waals surface area contributed by atoms with Gasteiger partial charge in [0.2, 0.25) is 47.3 Å². The van der Waals surface area contributed by atoms with Crippen molar-refractivity contribution in [1.82, 2.24) is 46.8 Å². The number of hydrogen-bond donors (Lipinski definition) is 8. The number of hydrogen-bond acceptors (Lipinski definition) is 42. The number of carbonyl (C=O) groups is 16.